The summed E-state index contributed by atoms with van der Waals surface area (Å²) in [7, 11) is 1.57. The molecule has 8 heteroatoms. The second-order valence-corrected chi connectivity index (χ2v) is 6.44. The SMILES string of the molecule is COc1cccc(C(=O)NCCN2CCN(C(=O)c3cc(C)on3)CC2)c1. The zero-order valence-electron chi connectivity index (χ0n) is 15.6. The summed E-state index contributed by atoms with van der Waals surface area (Å²) >= 11 is 0. The van der Waals surface area contributed by atoms with Gasteiger partial charge in [0.1, 0.15) is 11.5 Å². The van der Waals surface area contributed by atoms with Gasteiger partial charge in [0.25, 0.3) is 11.8 Å². The van der Waals surface area contributed by atoms with Crippen molar-refractivity contribution in [3.05, 3.63) is 47.3 Å². The van der Waals surface area contributed by atoms with Gasteiger partial charge in [0.05, 0.1) is 7.11 Å². The Morgan fingerprint density at radius 2 is 2.00 bits per heavy atom. The fraction of sp³-hybridized carbons (Fsp3) is 0.421. The first-order valence-corrected chi connectivity index (χ1v) is 8.94. The second kappa shape index (κ2) is 8.68. The lowest BCUT2D eigenvalue weighted by molar-refractivity contribution is 0.0628. The molecule has 2 heterocycles. The predicted molar refractivity (Wildman–Crippen MR) is 98.9 cm³/mol. The van der Waals surface area contributed by atoms with Crippen molar-refractivity contribution in [3.63, 3.8) is 0 Å². The Morgan fingerprint density at radius 1 is 1.22 bits per heavy atom. The number of hydrogen-bond donors (Lipinski definition) is 1. The number of carbonyl (C=O) groups excluding carboxylic acids is 2. The molecule has 144 valence electrons. The molecule has 1 N–H and O–H groups in total. The Hall–Kier alpha value is -2.87. The fourth-order valence-electron chi connectivity index (χ4n) is 3.00. The van der Waals surface area contributed by atoms with Crippen LogP contribution in [-0.2, 0) is 0 Å². The number of ether oxygens (including phenoxy) is 1. The highest BCUT2D eigenvalue weighted by Gasteiger charge is 2.24. The van der Waals surface area contributed by atoms with Crippen molar-refractivity contribution >= 4 is 11.8 Å². The Labute approximate surface area is 158 Å². The molecule has 0 spiro atoms. The monoisotopic (exact) mass is 372 g/mol. The largest absolute Gasteiger partial charge is 0.497 e. The van der Waals surface area contributed by atoms with E-state index in [0.29, 0.717) is 42.4 Å². The van der Waals surface area contributed by atoms with Crippen molar-refractivity contribution in [2.24, 2.45) is 0 Å². The number of aromatic nitrogens is 1. The molecule has 0 atom stereocenters. The third-order valence-corrected chi connectivity index (χ3v) is 4.55. The van der Waals surface area contributed by atoms with Gasteiger partial charge in [0.15, 0.2) is 5.69 Å². The van der Waals surface area contributed by atoms with Gasteiger partial charge in [0.2, 0.25) is 0 Å². The van der Waals surface area contributed by atoms with Gasteiger partial charge < -0.3 is 19.5 Å². The first-order valence-electron chi connectivity index (χ1n) is 8.94. The van der Waals surface area contributed by atoms with Crippen LogP contribution in [0.15, 0.2) is 34.9 Å². The molecule has 1 aromatic carbocycles. The van der Waals surface area contributed by atoms with Crippen LogP contribution in [0.1, 0.15) is 26.6 Å². The highest BCUT2D eigenvalue weighted by atomic mass is 16.5. The highest BCUT2D eigenvalue weighted by Crippen LogP contribution is 2.12. The minimum absolute atomic E-state index is 0.0992. The van der Waals surface area contributed by atoms with E-state index in [0.717, 1.165) is 19.6 Å². The third-order valence-electron chi connectivity index (χ3n) is 4.55. The molecule has 2 aromatic rings. The lowest BCUT2D eigenvalue weighted by atomic mass is 10.2. The number of piperazine rings is 1. The van der Waals surface area contributed by atoms with Crippen molar-refractivity contribution in [1.82, 2.24) is 20.3 Å². The molecular weight excluding hydrogens is 348 g/mol. The van der Waals surface area contributed by atoms with Crippen LogP contribution in [0.3, 0.4) is 0 Å². The zero-order valence-corrected chi connectivity index (χ0v) is 15.6. The first-order chi connectivity index (χ1) is 13.1. The third kappa shape index (κ3) is 4.85. The number of methoxy groups -OCH3 is 1. The molecule has 0 bridgehead atoms. The summed E-state index contributed by atoms with van der Waals surface area (Å²) in [5, 5.41) is 6.70. The van der Waals surface area contributed by atoms with Crippen molar-refractivity contribution in [2.75, 3.05) is 46.4 Å². The van der Waals surface area contributed by atoms with Crippen LogP contribution in [-0.4, -0.2) is 73.1 Å². The maximum atomic E-state index is 12.3. The van der Waals surface area contributed by atoms with E-state index >= 15 is 0 Å². The zero-order chi connectivity index (χ0) is 19.2. The average Bonchev–Trinajstić information content (AvgIpc) is 3.14. The molecule has 0 unspecified atom stereocenters. The molecule has 27 heavy (non-hydrogen) atoms. The summed E-state index contributed by atoms with van der Waals surface area (Å²) in [6.45, 7) is 5.84. The summed E-state index contributed by atoms with van der Waals surface area (Å²) in [5.41, 5.74) is 0.930. The summed E-state index contributed by atoms with van der Waals surface area (Å²) < 4.78 is 10.1. The molecule has 0 saturated carbocycles. The van der Waals surface area contributed by atoms with E-state index in [1.54, 1.807) is 49.3 Å². The van der Waals surface area contributed by atoms with Crippen LogP contribution in [0.5, 0.6) is 5.75 Å². The van der Waals surface area contributed by atoms with Crippen LogP contribution >= 0.6 is 0 Å². The number of nitrogens with zero attached hydrogens (tertiary/aromatic N) is 3. The van der Waals surface area contributed by atoms with Crippen molar-refractivity contribution in [1.29, 1.82) is 0 Å². The van der Waals surface area contributed by atoms with E-state index in [-0.39, 0.29) is 11.8 Å². The van der Waals surface area contributed by atoms with Crippen LogP contribution in [0.4, 0.5) is 0 Å². The molecule has 1 saturated heterocycles. The number of benzene rings is 1. The van der Waals surface area contributed by atoms with Crippen LogP contribution < -0.4 is 10.1 Å². The number of carbonyl (C=O) groups is 2. The normalized spacial score (nSPS) is 14.8. The molecular formula is C19H24N4O4. The van der Waals surface area contributed by atoms with Crippen LogP contribution in [0, 0.1) is 6.92 Å². The number of rotatable bonds is 6. The lowest BCUT2D eigenvalue weighted by Gasteiger charge is -2.34. The Kier molecular flexibility index (Phi) is 6.08. The molecule has 8 nitrogen and oxygen atoms in total. The fourth-order valence-corrected chi connectivity index (χ4v) is 3.00. The van der Waals surface area contributed by atoms with Gasteiger partial charge >= 0.3 is 0 Å². The minimum atomic E-state index is -0.121. The standard InChI is InChI=1S/C19H24N4O4/c1-14-12-17(21-27-14)19(25)23-10-8-22(9-11-23)7-6-20-18(24)15-4-3-5-16(13-15)26-2/h3-5,12-13H,6-11H2,1-2H3,(H,20,24). The molecule has 1 fully saturated rings. The first kappa shape index (κ1) is 18.9. The molecule has 1 aliphatic heterocycles. The summed E-state index contributed by atoms with van der Waals surface area (Å²) in [6, 6.07) is 8.72. The summed E-state index contributed by atoms with van der Waals surface area (Å²) in [4.78, 5) is 28.6. The summed E-state index contributed by atoms with van der Waals surface area (Å²) in [5.74, 6) is 1.07. The van der Waals surface area contributed by atoms with Crippen molar-refractivity contribution in [2.45, 2.75) is 6.92 Å². The Morgan fingerprint density at radius 3 is 2.67 bits per heavy atom. The van der Waals surface area contributed by atoms with Crippen LogP contribution in [0.25, 0.3) is 0 Å². The Bertz CT molecular complexity index is 797. The van der Waals surface area contributed by atoms with Gasteiger partial charge in [0, 0.05) is 50.9 Å². The van der Waals surface area contributed by atoms with Gasteiger partial charge in [-0.15, -0.1) is 0 Å². The number of amides is 2. The lowest BCUT2D eigenvalue weighted by Crippen LogP contribution is -2.50. The van der Waals surface area contributed by atoms with E-state index in [1.165, 1.54) is 0 Å². The van der Waals surface area contributed by atoms with Crippen molar-refractivity contribution < 1.29 is 18.8 Å². The van der Waals surface area contributed by atoms with E-state index in [9.17, 15) is 9.59 Å². The second-order valence-electron chi connectivity index (χ2n) is 6.44. The molecule has 3 rings (SSSR count). The number of nitrogens with one attached hydrogen (secondary N) is 1. The quantitative estimate of drug-likeness (QED) is 0.819. The maximum absolute atomic E-state index is 12.3. The molecule has 1 aliphatic rings. The van der Waals surface area contributed by atoms with Gasteiger partial charge in [-0.2, -0.15) is 0 Å². The van der Waals surface area contributed by atoms with E-state index in [2.05, 4.69) is 15.4 Å². The van der Waals surface area contributed by atoms with E-state index in [1.807, 2.05) is 0 Å². The smallest absolute Gasteiger partial charge is 0.276 e. The molecule has 0 aliphatic carbocycles. The van der Waals surface area contributed by atoms with E-state index < -0.39 is 0 Å². The molecule has 2 amide bonds. The van der Waals surface area contributed by atoms with Gasteiger partial charge in [-0.1, -0.05) is 11.2 Å². The number of aryl methyl sites for hydroxylation is 1. The topological polar surface area (TPSA) is 87.9 Å². The van der Waals surface area contributed by atoms with E-state index in [4.69, 9.17) is 9.26 Å². The maximum Gasteiger partial charge on any atom is 0.276 e. The van der Waals surface area contributed by atoms with Gasteiger partial charge in [-0.25, -0.2) is 0 Å². The predicted octanol–water partition coefficient (Wildman–Crippen LogP) is 1.18. The van der Waals surface area contributed by atoms with Gasteiger partial charge in [-0.3, -0.25) is 14.5 Å². The number of hydrogen-bond acceptors (Lipinski definition) is 6. The van der Waals surface area contributed by atoms with Crippen LogP contribution in [0.2, 0.25) is 0 Å². The summed E-state index contributed by atoms with van der Waals surface area (Å²) in [6.07, 6.45) is 0. The van der Waals surface area contributed by atoms with Gasteiger partial charge in [-0.05, 0) is 25.1 Å². The average molecular weight is 372 g/mol. The molecule has 1 aromatic heterocycles. The highest BCUT2D eigenvalue weighted by molar-refractivity contribution is 5.94. The Balaban J connectivity index is 1.40. The molecule has 0 radical (unpaired) electrons. The minimum Gasteiger partial charge on any atom is -0.497 e. The van der Waals surface area contributed by atoms with Crippen molar-refractivity contribution in [3.8, 4) is 5.75 Å².